The van der Waals surface area contributed by atoms with Crippen molar-refractivity contribution >= 4 is 18.3 Å². The average Bonchev–Trinajstić information content (AvgIpc) is 3.23. The number of piperidine rings is 1. The van der Waals surface area contributed by atoms with Crippen molar-refractivity contribution in [3.05, 3.63) is 42.5 Å². The lowest BCUT2D eigenvalue weighted by Gasteiger charge is -2.35. The second kappa shape index (κ2) is 6.91. The molecule has 0 aliphatic carbocycles. The first kappa shape index (κ1) is 16.9. The molecule has 6 nitrogen and oxygen atoms in total. The van der Waals surface area contributed by atoms with Crippen molar-refractivity contribution in [2.75, 3.05) is 7.05 Å². The number of benzene rings is 1. The molecule has 0 radical (unpaired) electrons. The third kappa shape index (κ3) is 3.16. The Morgan fingerprint density at radius 3 is 2.29 bits per heavy atom. The Kier molecular flexibility index (Phi) is 4.87. The highest BCUT2D eigenvalue weighted by atomic mass is 35.5. The number of nitrogens with zero attached hydrogens (tertiary/aromatic N) is 4. The van der Waals surface area contributed by atoms with E-state index < -0.39 is 0 Å². The van der Waals surface area contributed by atoms with Crippen LogP contribution in [0.4, 0.5) is 0 Å². The summed E-state index contributed by atoms with van der Waals surface area (Å²) in [5, 5.41) is 11.2. The standard InChI is InChI=1S/C17H21N5O.ClH/c1-21(16-8-13-4-5-14(9-16)20-13)17(23)12-2-6-15(7-3-12)22-10-18-19-11-22;/h2-3,6-7,10-11,13-14,16,20H,4-5,8-9H2,1H3;1H. The summed E-state index contributed by atoms with van der Waals surface area (Å²) < 4.78 is 1.82. The molecule has 4 rings (SSSR count). The van der Waals surface area contributed by atoms with Crippen molar-refractivity contribution in [1.82, 2.24) is 25.0 Å². The van der Waals surface area contributed by atoms with E-state index in [-0.39, 0.29) is 18.3 Å². The summed E-state index contributed by atoms with van der Waals surface area (Å²) in [6.07, 6.45) is 7.92. The van der Waals surface area contributed by atoms with Gasteiger partial charge in [-0.05, 0) is 49.9 Å². The molecule has 2 aromatic rings. The summed E-state index contributed by atoms with van der Waals surface area (Å²) in [7, 11) is 1.94. The normalized spacial score (nSPS) is 25.1. The van der Waals surface area contributed by atoms with Crippen LogP contribution in [0.5, 0.6) is 0 Å². The minimum absolute atomic E-state index is 0. The van der Waals surface area contributed by atoms with Gasteiger partial charge in [-0.25, -0.2) is 0 Å². The summed E-state index contributed by atoms with van der Waals surface area (Å²) in [6, 6.07) is 9.13. The van der Waals surface area contributed by atoms with E-state index in [1.807, 2.05) is 40.8 Å². The number of hydrogen-bond acceptors (Lipinski definition) is 4. The van der Waals surface area contributed by atoms with Crippen molar-refractivity contribution < 1.29 is 4.79 Å². The van der Waals surface area contributed by atoms with Gasteiger partial charge in [0.25, 0.3) is 5.91 Å². The van der Waals surface area contributed by atoms with Crippen LogP contribution in [0.1, 0.15) is 36.0 Å². The molecule has 2 atom stereocenters. The zero-order valence-corrected chi connectivity index (χ0v) is 14.4. The molecule has 0 spiro atoms. The Morgan fingerprint density at radius 2 is 1.71 bits per heavy atom. The second-order valence-corrected chi connectivity index (χ2v) is 6.60. The van der Waals surface area contributed by atoms with Gasteiger partial charge in [-0.2, -0.15) is 0 Å². The summed E-state index contributed by atoms with van der Waals surface area (Å²) >= 11 is 0. The molecule has 2 unspecified atom stereocenters. The number of nitrogens with one attached hydrogen (secondary N) is 1. The molecule has 2 bridgehead atoms. The predicted octanol–water partition coefficient (Wildman–Crippen LogP) is 2.04. The van der Waals surface area contributed by atoms with E-state index in [9.17, 15) is 4.79 Å². The third-order valence-electron chi connectivity index (χ3n) is 5.15. The summed E-state index contributed by atoms with van der Waals surface area (Å²) in [5.41, 5.74) is 1.68. The van der Waals surface area contributed by atoms with Crippen LogP contribution in [0.2, 0.25) is 0 Å². The molecule has 3 heterocycles. The highest BCUT2D eigenvalue weighted by Gasteiger charge is 2.36. The Labute approximate surface area is 147 Å². The quantitative estimate of drug-likeness (QED) is 0.923. The molecular formula is C17H22ClN5O. The smallest absolute Gasteiger partial charge is 0.253 e. The largest absolute Gasteiger partial charge is 0.339 e. The number of aromatic nitrogens is 3. The Hall–Kier alpha value is -1.92. The number of carbonyl (C=O) groups is 1. The van der Waals surface area contributed by atoms with Gasteiger partial charge in [-0.1, -0.05) is 0 Å². The fourth-order valence-electron chi connectivity index (χ4n) is 3.82. The number of fused-ring (bicyclic) bond motifs is 2. The van der Waals surface area contributed by atoms with Crippen LogP contribution < -0.4 is 5.32 Å². The second-order valence-electron chi connectivity index (χ2n) is 6.60. The maximum atomic E-state index is 12.7. The number of hydrogen-bond donors (Lipinski definition) is 1. The Morgan fingerprint density at radius 1 is 1.12 bits per heavy atom. The Balaban J connectivity index is 0.00000169. The third-order valence-corrected chi connectivity index (χ3v) is 5.15. The molecule has 1 aromatic carbocycles. The predicted molar refractivity (Wildman–Crippen MR) is 93.7 cm³/mol. The number of rotatable bonds is 3. The fraction of sp³-hybridized carbons (Fsp3) is 0.471. The molecule has 0 saturated carbocycles. The summed E-state index contributed by atoms with van der Waals surface area (Å²) in [5.74, 6) is 0.103. The molecule has 1 aromatic heterocycles. The molecule has 1 amide bonds. The minimum atomic E-state index is 0. The van der Waals surface area contributed by atoms with Gasteiger partial charge in [0.2, 0.25) is 0 Å². The van der Waals surface area contributed by atoms with Crippen LogP contribution in [0, 0.1) is 0 Å². The number of carbonyl (C=O) groups excluding carboxylic acids is 1. The zero-order valence-electron chi connectivity index (χ0n) is 13.6. The van der Waals surface area contributed by atoms with Crippen molar-refractivity contribution in [3.63, 3.8) is 0 Å². The molecule has 2 aliphatic rings. The van der Waals surface area contributed by atoms with Crippen molar-refractivity contribution in [3.8, 4) is 5.69 Å². The van der Waals surface area contributed by atoms with Crippen LogP contribution >= 0.6 is 12.4 Å². The van der Waals surface area contributed by atoms with E-state index in [2.05, 4.69) is 15.5 Å². The first-order valence-electron chi connectivity index (χ1n) is 8.19. The molecule has 2 fully saturated rings. The summed E-state index contributed by atoms with van der Waals surface area (Å²) in [6.45, 7) is 0. The molecule has 2 aliphatic heterocycles. The highest BCUT2D eigenvalue weighted by molar-refractivity contribution is 5.94. The van der Waals surface area contributed by atoms with Crippen molar-refractivity contribution in [2.45, 2.75) is 43.8 Å². The van der Waals surface area contributed by atoms with Crippen LogP contribution in [-0.4, -0.2) is 50.7 Å². The SMILES string of the molecule is CN(C(=O)c1ccc(-n2cnnc2)cc1)C1CC2CCC(C1)N2.Cl. The zero-order chi connectivity index (χ0) is 15.8. The minimum Gasteiger partial charge on any atom is -0.339 e. The van der Waals surface area contributed by atoms with Crippen LogP contribution in [0.25, 0.3) is 5.69 Å². The van der Waals surface area contributed by atoms with Gasteiger partial charge in [0.1, 0.15) is 12.7 Å². The van der Waals surface area contributed by atoms with E-state index in [4.69, 9.17) is 0 Å². The molecule has 24 heavy (non-hydrogen) atoms. The van der Waals surface area contributed by atoms with Gasteiger partial charge >= 0.3 is 0 Å². The van der Waals surface area contributed by atoms with Gasteiger partial charge in [0.15, 0.2) is 0 Å². The van der Waals surface area contributed by atoms with E-state index in [0.29, 0.717) is 18.1 Å². The van der Waals surface area contributed by atoms with Crippen LogP contribution in [0.3, 0.4) is 0 Å². The van der Waals surface area contributed by atoms with Crippen LogP contribution in [-0.2, 0) is 0 Å². The van der Waals surface area contributed by atoms with Crippen molar-refractivity contribution in [1.29, 1.82) is 0 Å². The highest BCUT2D eigenvalue weighted by Crippen LogP contribution is 2.29. The molecule has 7 heteroatoms. The first-order valence-corrected chi connectivity index (χ1v) is 8.19. The Bertz CT molecular complexity index is 676. The lowest BCUT2D eigenvalue weighted by molar-refractivity contribution is 0.0681. The van der Waals surface area contributed by atoms with Gasteiger partial charge in [0, 0.05) is 36.4 Å². The molecule has 2 saturated heterocycles. The van der Waals surface area contributed by atoms with E-state index in [1.54, 1.807) is 12.7 Å². The van der Waals surface area contributed by atoms with E-state index >= 15 is 0 Å². The maximum Gasteiger partial charge on any atom is 0.253 e. The van der Waals surface area contributed by atoms with Crippen LogP contribution in [0.15, 0.2) is 36.9 Å². The van der Waals surface area contributed by atoms with E-state index in [0.717, 1.165) is 24.1 Å². The molecular weight excluding hydrogens is 326 g/mol. The maximum absolute atomic E-state index is 12.7. The topological polar surface area (TPSA) is 63.1 Å². The molecule has 128 valence electrons. The average molecular weight is 348 g/mol. The lowest BCUT2D eigenvalue weighted by Crippen LogP contribution is -2.48. The van der Waals surface area contributed by atoms with Gasteiger partial charge in [-0.15, -0.1) is 22.6 Å². The monoisotopic (exact) mass is 347 g/mol. The van der Waals surface area contributed by atoms with Gasteiger partial charge < -0.3 is 10.2 Å². The van der Waals surface area contributed by atoms with E-state index in [1.165, 1.54) is 12.8 Å². The van der Waals surface area contributed by atoms with Crippen molar-refractivity contribution in [2.24, 2.45) is 0 Å². The fourth-order valence-corrected chi connectivity index (χ4v) is 3.82. The summed E-state index contributed by atoms with van der Waals surface area (Å²) in [4.78, 5) is 14.7. The van der Waals surface area contributed by atoms with Gasteiger partial charge in [0.05, 0.1) is 0 Å². The number of amides is 1. The van der Waals surface area contributed by atoms with Gasteiger partial charge in [-0.3, -0.25) is 9.36 Å². The number of halogens is 1. The lowest BCUT2D eigenvalue weighted by atomic mass is 9.98. The molecule has 1 N–H and O–H groups in total. The first-order chi connectivity index (χ1) is 11.2.